The second kappa shape index (κ2) is 6.09. The van der Waals surface area contributed by atoms with Crippen molar-refractivity contribution < 1.29 is 10.0 Å². The molecular weight excluding hydrogens is 266 g/mol. The van der Waals surface area contributed by atoms with Crippen LogP contribution in [0.4, 0.5) is 5.69 Å². The number of carbonyl (C=O) groups excluding carboxylic acids is 1. The van der Waals surface area contributed by atoms with Gasteiger partial charge in [-0.25, -0.2) is 0 Å². The maximum Gasteiger partial charge on any atom is 0.255 e. The van der Waals surface area contributed by atoms with Crippen LogP contribution < -0.4 is 11.1 Å². The van der Waals surface area contributed by atoms with E-state index in [4.69, 9.17) is 10.9 Å². The number of anilines is 1. The Balaban J connectivity index is 2.18. The fourth-order valence-electron chi connectivity index (χ4n) is 1.96. The Hall–Kier alpha value is -2.82. The van der Waals surface area contributed by atoms with E-state index in [1.807, 2.05) is 32.0 Å². The minimum absolute atomic E-state index is 0.0300. The van der Waals surface area contributed by atoms with E-state index in [0.29, 0.717) is 16.8 Å². The Morgan fingerprint density at radius 3 is 2.43 bits per heavy atom. The number of aryl methyl sites for hydroxylation is 2. The topological polar surface area (TPSA) is 87.7 Å². The molecule has 0 unspecified atom stereocenters. The third-order valence-electron chi connectivity index (χ3n) is 3.18. The molecule has 0 heterocycles. The van der Waals surface area contributed by atoms with E-state index in [1.165, 1.54) is 0 Å². The molecule has 5 heteroatoms. The smallest absolute Gasteiger partial charge is 0.255 e. The number of amidine groups is 1. The lowest BCUT2D eigenvalue weighted by atomic mass is 10.0. The third-order valence-corrected chi connectivity index (χ3v) is 3.18. The van der Waals surface area contributed by atoms with Crippen molar-refractivity contribution in [2.75, 3.05) is 5.32 Å². The third kappa shape index (κ3) is 3.39. The number of amides is 1. The lowest BCUT2D eigenvalue weighted by Crippen LogP contribution is -2.15. The number of carbonyl (C=O) groups is 1. The zero-order chi connectivity index (χ0) is 15.4. The van der Waals surface area contributed by atoms with Crippen molar-refractivity contribution in [1.29, 1.82) is 0 Å². The lowest BCUT2D eigenvalue weighted by Gasteiger charge is -2.09. The first-order chi connectivity index (χ1) is 10.0. The summed E-state index contributed by atoms with van der Waals surface area (Å²) in [5.41, 5.74) is 9.33. The summed E-state index contributed by atoms with van der Waals surface area (Å²) in [7, 11) is 0. The Morgan fingerprint density at radius 2 is 1.81 bits per heavy atom. The molecule has 0 aliphatic carbocycles. The van der Waals surface area contributed by atoms with Crippen LogP contribution in [0.15, 0.2) is 47.6 Å². The second-order valence-corrected chi connectivity index (χ2v) is 4.84. The monoisotopic (exact) mass is 283 g/mol. The first kappa shape index (κ1) is 14.6. The van der Waals surface area contributed by atoms with E-state index in [2.05, 4.69) is 10.5 Å². The predicted octanol–water partition coefficient (Wildman–Crippen LogP) is 2.65. The molecule has 0 saturated carbocycles. The SMILES string of the molecule is Cc1ccc(C)c(C(=O)Nc2ccc(/C(N)=N/O)cc2)c1. The average molecular weight is 283 g/mol. The van der Waals surface area contributed by atoms with Crippen LogP contribution in [-0.4, -0.2) is 17.0 Å². The molecule has 0 saturated heterocycles. The normalized spacial score (nSPS) is 11.2. The summed E-state index contributed by atoms with van der Waals surface area (Å²) < 4.78 is 0. The van der Waals surface area contributed by atoms with E-state index in [-0.39, 0.29) is 11.7 Å². The number of benzene rings is 2. The Bertz CT molecular complexity index is 691. The van der Waals surface area contributed by atoms with Crippen molar-refractivity contribution in [3.8, 4) is 0 Å². The molecule has 5 nitrogen and oxygen atoms in total. The summed E-state index contributed by atoms with van der Waals surface area (Å²) in [4.78, 5) is 12.3. The maximum atomic E-state index is 12.3. The van der Waals surface area contributed by atoms with E-state index < -0.39 is 0 Å². The van der Waals surface area contributed by atoms with Crippen molar-refractivity contribution in [2.24, 2.45) is 10.9 Å². The molecule has 0 fully saturated rings. The zero-order valence-corrected chi connectivity index (χ0v) is 11.9. The van der Waals surface area contributed by atoms with Gasteiger partial charge in [-0.05, 0) is 49.7 Å². The minimum Gasteiger partial charge on any atom is -0.409 e. The van der Waals surface area contributed by atoms with Gasteiger partial charge in [0.15, 0.2) is 5.84 Å². The van der Waals surface area contributed by atoms with Crippen LogP contribution in [0.3, 0.4) is 0 Å². The van der Waals surface area contributed by atoms with Crippen molar-refractivity contribution in [3.05, 3.63) is 64.7 Å². The highest BCUT2D eigenvalue weighted by atomic mass is 16.4. The molecule has 1 amide bonds. The summed E-state index contributed by atoms with van der Waals surface area (Å²) in [5, 5.41) is 14.4. The van der Waals surface area contributed by atoms with E-state index in [1.54, 1.807) is 24.3 Å². The molecule has 0 aromatic heterocycles. The number of rotatable bonds is 3. The standard InChI is InChI=1S/C16H17N3O2/c1-10-3-4-11(2)14(9-10)16(20)18-13-7-5-12(6-8-13)15(17)19-21/h3-9,21H,1-2H3,(H2,17,19)(H,18,20). The fraction of sp³-hybridized carbons (Fsp3) is 0.125. The molecule has 0 aliphatic heterocycles. The lowest BCUT2D eigenvalue weighted by molar-refractivity contribution is 0.102. The number of nitrogens with one attached hydrogen (secondary N) is 1. The van der Waals surface area contributed by atoms with Gasteiger partial charge in [0, 0.05) is 16.8 Å². The number of nitrogens with two attached hydrogens (primary N) is 1. The first-order valence-electron chi connectivity index (χ1n) is 6.48. The maximum absolute atomic E-state index is 12.3. The zero-order valence-electron chi connectivity index (χ0n) is 11.9. The van der Waals surface area contributed by atoms with Crippen molar-refractivity contribution >= 4 is 17.4 Å². The molecule has 2 aromatic carbocycles. The first-order valence-corrected chi connectivity index (χ1v) is 6.48. The molecule has 0 atom stereocenters. The van der Waals surface area contributed by atoms with Gasteiger partial charge in [0.2, 0.25) is 0 Å². The van der Waals surface area contributed by atoms with Crippen molar-refractivity contribution in [2.45, 2.75) is 13.8 Å². The summed E-state index contributed by atoms with van der Waals surface area (Å²) in [6.07, 6.45) is 0. The minimum atomic E-state index is -0.159. The van der Waals surface area contributed by atoms with Crippen molar-refractivity contribution in [1.82, 2.24) is 0 Å². The number of hydrogen-bond donors (Lipinski definition) is 3. The van der Waals surface area contributed by atoms with Crippen LogP contribution in [0, 0.1) is 13.8 Å². The summed E-state index contributed by atoms with van der Waals surface area (Å²) in [6, 6.07) is 12.5. The Morgan fingerprint density at radius 1 is 1.14 bits per heavy atom. The molecule has 0 radical (unpaired) electrons. The summed E-state index contributed by atoms with van der Waals surface area (Å²) in [6.45, 7) is 3.85. The Kier molecular flexibility index (Phi) is 4.23. The van der Waals surface area contributed by atoms with Gasteiger partial charge in [0.25, 0.3) is 5.91 Å². The van der Waals surface area contributed by atoms with Gasteiger partial charge in [0.1, 0.15) is 0 Å². The largest absolute Gasteiger partial charge is 0.409 e. The molecule has 2 aromatic rings. The van der Waals surface area contributed by atoms with Gasteiger partial charge in [0.05, 0.1) is 0 Å². The van der Waals surface area contributed by atoms with Gasteiger partial charge < -0.3 is 16.3 Å². The van der Waals surface area contributed by atoms with E-state index >= 15 is 0 Å². The van der Waals surface area contributed by atoms with Crippen LogP contribution in [0.5, 0.6) is 0 Å². The Labute approximate surface area is 123 Å². The van der Waals surface area contributed by atoms with E-state index in [9.17, 15) is 4.79 Å². The summed E-state index contributed by atoms with van der Waals surface area (Å²) >= 11 is 0. The number of hydrogen-bond acceptors (Lipinski definition) is 3. The predicted molar refractivity (Wildman–Crippen MR) is 82.8 cm³/mol. The van der Waals surface area contributed by atoms with E-state index in [0.717, 1.165) is 11.1 Å². The molecule has 0 spiro atoms. The van der Waals surface area contributed by atoms with Gasteiger partial charge in [-0.15, -0.1) is 0 Å². The van der Waals surface area contributed by atoms with Gasteiger partial charge in [-0.2, -0.15) is 0 Å². The van der Waals surface area contributed by atoms with Crippen LogP contribution in [0.2, 0.25) is 0 Å². The molecule has 0 bridgehead atoms. The highest BCUT2D eigenvalue weighted by Crippen LogP contribution is 2.15. The van der Waals surface area contributed by atoms with Gasteiger partial charge in [-0.1, -0.05) is 22.9 Å². The van der Waals surface area contributed by atoms with Crippen LogP contribution >= 0.6 is 0 Å². The average Bonchev–Trinajstić information content (AvgIpc) is 2.49. The molecular formula is C16H17N3O2. The molecule has 4 N–H and O–H groups in total. The quantitative estimate of drug-likeness (QED) is 0.350. The van der Waals surface area contributed by atoms with Crippen molar-refractivity contribution in [3.63, 3.8) is 0 Å². The van der Waals surface area contributed by atoms with Crippen LogP contribution in [-0.2, 0) is 0 Å². The second-order valence-electron chi connectivity index (χ2n) is 4.84. The fourth-order valence-corrected chi connectivity index (χ4v) is 1.96. The highest BCUT2D eigenvalue weighted by molar-refractivity contribution is 6.05. The number of oxime groups is 1. The molecule has 2 rings (SSSR count). The van der Waals surface area contributed by atoms with Crippen LogP contribution in [0.25, 0.3) is 0 Å². The molecule has 21 heavy (non-hydrogen) atoms. The van der Waals surface area contributed by atoms with Gasteiger partial charge >= 0.3 is 0 Å². The number of nitrogens with zero attached hydrogens (tertiary/aromatic N) is 1. The highest BCUT2D eigenvalue weighted by Gasteiger charge is 2.09. The van der Waals surface area contributed by atoms with Crippen LogP contribution in [0.1, 0.15) is 27.0 Å². The molecule has 108 valence electrons. The van der Waals surface area contributed by atoms with Gasteiger partial charge in [-0.3, -0.25) is 4.79 Å². The molecule has 0 aliphatic rings. The summed E-state index contributed by atoms with van der Waals surface area (Å²) in [5.74, 6) is -0.129.